The number of carboxylic acids is 1. The second-order valence-electron chi connectivity index (χ2n) is 5.42. The number of hydrogen-bond acceptors (Lipinski definition) is 4. The van der Waals surface area contributed by atoms with Gasteiger partial charge in [0.25, 0.3) is 0 Å². The Balaban J connectivity index is 2.24. The van der Waals surface area contributed by atoms with Crippen molar-refractivity contribution in [2.75, 3.05) is 19.6 Å². The molecular formula is C14H25N3O4. The number of hydrogen-bond donors (Lipinski definition) is 4. The Hall–Kier alpha value is -1.63. The highest BCUT2D eigenvalue weighted by Crippen LogP contribution is 2.29. The van der Waals surface area contributed by atoms with E-state index in [1.807, 2.05) is 6.92 Å². The van der Waals surface area contributed by atoms with E-state index in [4.69, 9.17) is 5.11 Å². The molecular weight excluding hydrogens is 274 g/mol. The number of nitrogens with one attached hydrogen (secondary N) is 3. The lowest BCUT2D eigenvalue weighted by molar-refractivity contribution is -0.144. The quantitative estimate of drug-likeness (QED) is 0.553. The van der Waals surface area contributed by atoms with Crippen LogP contribution in [0.5, 0.6) is 0 Å². The van der Waals surface area contributed by atoms with E-state index in [1.54, 1.807) is 0 Å². The van der Waals surface area contributed by atoms with Gasteiger partial charge in [-0.15, -0.1) is 0 Å². The summed E-state index contributed by atoms with van der Waals surface area (Å²) < 4.78 is 0. The summed E-state index contributed by atoms with van der Waals surface area (Å²) in [4.78, 5) is 33.9. The molecule has 0 aromatic carbocycles. The van der Waals surface area contributed by atoms with E-state index in [1.165, 1.54) is 0 Å². The van der Waals surface area contributed by atoms with Crippen LogP contribution in [0.4, 0.5) is 4.79 Å². The normalized spacial score (nSPS) is 21.6. The molecule has 4 N–H and O–H groups in total. The van der Waals surface area contributed by atoms with Gasteiger partial charge >= 0.3 is 12.0 Å². The Morgan fingerprint density at radius 1 is 1.19 bits per heavy atom. The fourth-order valence-corrected chi connectivity index (χ4v) is 2.60. The zero-order valence-corrected chi connectivity index (χ0v) is 12.5. The summed E-state index contributed by atoms with van der Waals surface area (Å²) in [6.07, 6.45) is 4.35. The summed E-state index contributed by atoms with van der Waals surface area (Å²) in [6, 6.07) is -0.496. The molecule has 1 aliphatic carbocycles. The summed E-state index contributed by atoms with van der Waals surface area (Å²) in [6.45, 7) is 2.95. The molecule has 3 amide bonds. The van der Waals surface area contributed by atoms with Crippen molar-refractivity contribution in [3.05, 3.63) is 0 Å². The lowest BCUT2D eigenvalue weighted by Crippen LogP contribution is -2.45. The van der Waals surface area contributed by atoms with E-state index in [9.17, 15) is 14.4 Å². The van der Waals surface area contributed by atoms with E-state index < -0.39 is 17.9 Å². The molecule has 1 aliphatic rings. The minimum Gasteiger partial charge on any atom is -0.481 e. The molecule has 1 rings (SSSR count). The van der Waals surface area contributed by atoms with Crippen molar-refractivity contribution in [2.24, 2.45) is 11.8 Å². The van der Waals surface area contributed by atoms with Crippen LogP contribution >= 0.6 is 0 Å². The van der Waals surface area contributed by atoms with E-state index in [0.717, 1.165) is 25.7 Å². The van der Waals surface area contributed by atoms with Crippen molar-refractivity contribution in [3.8, 4) is 0 Å². The van der Waals surface area contributed by atoms with E-state index in [-0.39, 0.29) is 18.4 Å². The van der Waals surface area contributed by atoms with Gasteiger partial charge in [-0.2, -0.15) is 0 Å². The molecule has 0 bridgehead atoms. The predicted octanol–water partition coefficient (Wildman–Crippen LogP) is 0.703. The van der Waals surface area contributed by atoms with Crippen molar-refractivity contribution >= 4 is 17.9 Å². The third-order valence-corrected chi connectivity index (χ3v) is 3.71. The maximum Gasteiger partial charge on any atom is 0.321 e. The molecule has 0 saturated heterocycles. The average molecular weight is 299 g/mol. The van der Waals surface area contributed by atoms with Gasteiger partial charge in [0.05, 0.1) is 12.5 Å². The van der Waals surface area contributed by atoms with Gasteiger partial charge in [0.15, 0.2) is 0 Å². The molecule has 0 heterocycles. The largest absolute Gasteiger partial charge is 0.481 e. The SMILES string of the molecule is CCCNC(=O)NC(=O)CNCC1CCCCC1C(=O)O. The summed E-state index contributed by atoms with van der Waals surface area (Å²) >= 11 is 0. The molecule has 7 heteroatoms. The van der Waals surface area contributed by atoms with Crippen LogP contribution in [0, 0.1) is 11.8 Å². The van der Waals surface area contributed by atoms with E-state index in [0.29, 0.717) is 19.5 Å². The van der Waals surface area contributed by atoms with Crippen LogP contribution in [-0.2, 0) is 9.59 Å². The maximum absolute atomic E-state index is 11.5. The van der Waals surface area contributed by atoms with Crippen LogP contribution in [-0.4, -0.2) is 42.6 Å². The third kappa shape index (κ3) is 6.57. The highest BCUT2D eigenvalue weighted by Gasteiger charge is 2.30. The van der Waals surface area contributed by atoms with Gasteiger partial charge in [0.1, 0.15) is 0 Å². The molecule has 1 saturated carbocycles. The summed E-state index contributed by atoms with van der Waals surface area (Å²) in [5, 5.41) is 16.9. The molecule has 21 heavy (non-hydrogen) atoms. The van der Waals surface area contributed by atoms with Crippen LogP contribution in [0.1, 0.15) is 39.0 Å². The number of carbonyl (C=O) groups excluding carboxylic acids is 2. The zero-order chi connectivity index (χ0) is 15.7. The van der Waals surface area contributed by atoms with E-state index >= 15 is 0 Å². The zero-order valence-electron chi connectivity index (χ0n) is 12.5. The number of rotatable bonds is 7. The van der Waals surface area contributed by atoms with Crippen molar-refractivity contribution in [3.63, 3.8) is 0 Å². The Kier molecular flexibility index (Phi) is 7.74. The molecule has 1 fully saturated rings. The van der Waals surface area contributed by atoms with Crippen LogP contribution in [0.2, 0.25) is 0 Å². The lowest BCUT2D eigenvalue weighted by Gasteiger charge is -2.28. The number of carbonyl (C=O) groups is 3. The smallest absolute Gasteiger partial charge is 0.321 e. The Morgan fingerprint density at radius 2 is 1.90 bits per heavy atom. The van der Waals surface area contributed by atoms with Crippen molar-refractivity contribution in [1.29, 1.82) is 0 Å². The molecule has 0 spiro atoms. The standard InChI is InChI=1S/C14H25N3O4/c1-2-7-16-14(21)17-12(18)9-15-8-10-5-3-4-6-11(10)13(19)20/h10-11,15H,2-9H2,1H3,(H,19,20)(H2,16,17,18,21). The van der Waals surface area contributed by atoms with Crippen molar-refractivity contribution in [2.45, 2.75) is 39.0 Å². The first-order chi connectivity index (χ1) is 10.0. The van der Waals surface area contributed by atoms with Crippen LogP contribution < -0.4 is 16.0 Å². The first kappa shape index (κ1) is 17.4. The molecule has 0 aromatic heterocycles. The highest BCUT2D eigenvalue weighted by molar-refractivity contribution is 5.95. The van der Waals surface area contributed by atoms with Gasteiger partial charge in [-0.3, -0.25) is 14.9 Å². The molecule has 2 unspecified atom stereocenters. The number of carboxylic acid groups (broad SMARTS) is 1. The second kappa shape index (κ2) is 9.33. The Bertz CT molecular complexity index is 373. The van der Waals surface area contributed by atoms with Crippen molar-refractivity contribution < 1.29 is 19.5 Å². The van der Waals surface area contributed by atoms with Gasteiger partial charge in [0.2, 0.25) is 5.91 Å². The first-order valence-corrected chi connectivity index (χ1v) is 7.55. The molecule has 0 aromatic rings. The summed E-state index contributed by atoms with van der Waals surface area (Å²) in [5.74, 6) is -1.45. The Morgan fingerprint density at radius 3 is 2.57 bits per heavy atom. The average Bonchev–Trinajstić information content (AvgIpc) is 2.45. The second-order valence-corrected chi connectivity index (χ2v) is 5.42. The summed E-state index contributed by atoms with van der Waals surface area (Å²) in [5.41, 5.74) is 0. The number of amides is 3. The van der Waals surface area contributed by atoms with Crippen molar-refractivity contribution in [1.82, 2.24) is 16.0 Å². The van der Waals surface area contributed by atoms with Gasteiger partial charge in [-0.05, 0) is 31.7 Å². The van der Waals surface area contributed by atoms with Gasteiger partial charge in [0, 0.05) is 6.54 Å². The van der Waals surface area contributed by atoms with Gasteiger partial charge in [-0.1, -0.05) is 19.8 Å². The van der Waals surface area contributed by atoms with Crippen LogP contribution in [0.3, 0.4) is 0 Å². The number of urea groups is 1. The number of aliphatic carboxylic acids is 1. The minimum absolute atomic E-state index is 0.0163. The lowest BCUT2D eigenvalue weighted by atomic mass is 9.79. The molecule has 7 nitrogen and oxygen atoms in total. The highest BCUT2D eigenvalue weighted by atomic mass is 16.4. The fraction of sp³-hybridized carbons (Fsp3) is 0.786. The Labute approximate surface area is 124 Å². The van der Waals surface area contributed by atoms with Crippen LogP contribution in [0.15, 0.2) is 0 Å². The summed E-state index contributed by atoms with van der Waals surface area (Å²) in [7, 11) is 0. The third-order valence-electron chi connectivity index (χ3n) is 3.71. The fourth-order valence-electron chi connectivity index (χ4n) is 2.60. The minimum atomic E-state index is -0.759. The molecule has 120 valence electrons. The number of imide groups is 1. The first-order valence-electron chi connectivity index (χ1n) is 7.55. The topological polar surface area (TPSA) is 108 Å². The van der Waals surface area contributed by atoms with E-state index in [2.05, 4.69) is 16.0 Å². The van der Waals surface area contributed by atoms with Crippen LogP contribution in [0.25, 0.3) is 0 Å². The maximum atomic E-state index is 11.5. The van der Waals surface area contributed by atoms with Gasteiger partial charge in [-0.25, -0.2) is 4.79 Å². The monoisotopic (exact) mass is 299 g/mol. The predicted molar refractivity (Wildman–Crippen MR) is 77.8 cm³/mol. The molecule has 0 aliphatic heterocycles. The van der Waals surface area contributed by atoms with Gasteiger partial charge < -0.3 is 15.7 Å². The molecule has 0 radical (unpaired) electrons. The molecule has 2 atom stereocenters.